The van der Waals surface area contributed by atoms with E-state index in [4.69, 9.17) is 0 Å². The van der Waals surface area contributed by atoms with Gasteiger partial charge in [0.05, 0.1) is 6.54 Å². The van der Waals surface area contributed by atoms with E-state index in [1.165, 1.54) is 0 Å². The second-order valence-corrected chi connectivity index (χ2v) is 3.01. The van der Waals surface area contributed by atoms with Crippen molar-refractivity contribution in [1.29, 1.82) is 0 Å². The molecule has 0 aromatic rings. The fourth-order valence-corrected chi connectivity index (χ4v) is 1.46. The predicted molar refractivity (Wildman–Crippen MR) is 44.5 cm³/mol. The number of nitrogens with zero attached hydrogens (tertiary/aromatic N) is 1. The average Bonchev–Trinajstić information content (AvgIpc) is 2.12. The summed E-state index contributed by atoms with van der Waals surface area (Å²) in [7, 11) is 0. The van der Waals surface area contributed by atoms with Gasteiger partial charge in [0.1, 0.15) is 0 Å². The molecule has 0 aromatic heterocycles. The van der Waals surface area contributed by atoms with Gasteiger partial charge in [-0.1, -0.05) is 0 Å². The van der Waals surface area contributed by atoms with Gasteiger partial charge in [0.2, 0.25) is 11.8 Å². The van der Waals surface area contributed by atoms with Crippen LogP contribution in [0.4, 0.5) is 0 Å². The standard InChI is InChI=1S/C8H14N2O2/c1-3-10-6(2)4-7(11)9-5-8(10)12/h6H,3-5H2,1-2H3,(H,9,11). The van der Waals surface area contributed by atoms with E-state index in [2.05, 4.69) is 5.32 Å². The lowest BCUT2D eigenvalue weighted by atomic mass is 10.2. The third-order valence-electron chi connectivity index (χ3n) is 2.11. The molecule has 1 atom stereocenters. The molecule has 1 aliphatic heterocycles. The summed E-state index contributed by atoms with van der Waals surface area (Å²) in [4.78, 5) is 24.0. The fourth-order valence-electron chi connectivity index (χ4n) is 1.46. The summed E-state index contributed by atoms with van der Waals surface area (Å²) in [5.41, 5.74) is 0. The Morgan fingerprint density at radius 3 is 2.83 bits per heavy atom. The van der Waals surface area contributed by atoms with Crippen molar-refractivity contribution in [2.75, 3.05) is 13.1 Å². The average molecular weight is 170 g/mol. The van der Waals surface area contributed by atoms with Crippen molar-refractivity contribution in [2.45, 2.75) is 26.3 Å². The Morgan fingerprint density at radius 1 is 1.58 bits per heavy atom. The lowest BCUT2D eigenvalue weighted by molar-refractivity contribution is -0.131. The Morgan fingerprint density at radius 2 is 2.25 bits per heavy atom. The minimum atomic E-state index is -0.0354. The molecule has 0 aliphatic carbocycles. The summed E-state index contributed by atoms with van der Waals surface area (Å²) in [6.07, 6.45) is 0.416. The monoisotopic (exact) mass is 170 g/mol. The Kier molecular flexibility index (Phi) is 2.68. The zero-order valence-electron chi connectivity index (χ0n) is 7.46. The molecule has 1 saturated heterocycles. The molecule has 2 amide bonds. The quantitative estimate of drug-likeness (QED) is 0.589. The van der Waals surface area contributed by atoms with Crippen molar-refractivity contribution in [3.63, 3.8) is 0 Å². The molecule has 0 bridgehead atoms. The molecule has 1 unspecified atom stereocenters. The van der Waals surface area contributed by atoms with Crippen LogP contribution in [0.25, 0.3) is 0 Å². The van der Waals surface area contributed by atoms with Crippen LogP contribution in [0.1, 0.15) is 20.3 Å². The zero-order valence-corrected chi connectivity index (χ0v) is 7.46. The SMILES string of the molecule is CCN1C(=O)CNC(=O)CC1C. The van der Waals surface area contributed by atoms with Gasteiger partial charge in [-0.2, -0.15) is 0 Å². The van der Waals surface area contributed by atoms with Crippen molar-refractivity contribution in [3.8, 4) is 0 Å². The van der Waals surface area contributed by atoms with Crippen LogP contribution >= 0.6 is 0 Å². The highest BCUT2D eigenvalue weighted by Crippen LogP contribution is 2.06. The topological polar surface area (TPSA) is 49.4 Å². The summed E-state index contributed by atoms with van der Waals surface area (Å²) in [6, 6.07) is 0.0324. The van der Waals surface area contributed by atoms with Gasteiger partial charge in [-0.25, -0.2) is 0 Å². The molecule has 4 nitrogen and oxygen atoms in total. The summed E-state index contributed by atoms with van der Waals surface area (Å²) in [5.74, 6) is -0.0253. The minimum Gasteiger partial charge on any atom is -0.347 e. The minimum absolute atomic E-state index is 0.0100. The first-order valence-corrected chi connectivity index (χ1v) is 4.21. The van der Waals surface area contributed by atoms with Crippen LogP contribution in [0.15, 0.2) is 0 Å². The molecule has 1 N–H and O–H groups in total. The molecule has 1 heterocycles. The largest absolute Gasteiger partial charge is 0.347 e. The maximum atomic E-state index is 11.3. The smallest absolute Gasteiger partial charge is 0.242 e. The number of carbonyl (C=O) groups excluding carboxylic acids is 2. The number of carbonyl (C=O) groups is 2. The van der Waals surface area contributed by atoms with E-state index < -0.39 is 0 Å². The first kappa shape index (κ1) is 9.03. The molecule has 0 aromatic carbocycles. The van der Waals surface area contributed by atoms with E-state index in [9.17, 15) is 9.59 Å². The molecule has 68 valence electrons. The van der Waals surface area contributed by atoms with Gasteiger partial charge in [-0.3, -0.25) is 9.59 Å². The lowest BCUT2D eigenvalue weighted by Gasteiger charge is -2.24. The second-order valence-electron chi connectivity index (χ2n) is 3.01. The Bertz CT molecular complexity index is 203. The summed E-state index contributed by atoms with van der Waals surface area (Å²) < 4.78 is 0. The van der Waals surface area contributed by atoms with Crippen molar-refractivity contribution in [1.82, 2.24) is 10.2 Å². The van der Waals surface area contributed by atoms with Crippen molar-refractivity contribution >= 4 is 11.8 Å². The van der Waals surface area contributed by atoms with E-state index in [1.807, 2.05) is 13.8 Å². The number of rotatable bonds is 1. The van der Waals surface area contributed by atoms with E-state index in [-0.39, 0.29) is 24.4 Å². The zero-order chi connectivity index (χ0) is 9.14. The van der Waals surface area contributed by atoms with Crippen LogP contribution in [-0.4, -0.2) is 35.8 Å². The van der Waals surface area contributed by atoms with Gasteiger partial charge in [0.25, 0.3) is 0 Å². The molecule has 0 spiro atoms. The number of nitrogens with one attached hydrogen (secondary N) is 1. The molecule has 4 heteroatoms. The van der Waals surface area contributed by atoms with Crippen LogP contribution in [0.5, 0.6) is 0 Å². The van der Waals surface area contributed by atoms with Crippen molar-refractivity contribution in [3.05, 3.63) is 0 Å². The third-order valence-corrected chi connectivity index (χ3v) is 2.11. The molecule has 1 fully saturated rings. The van der Waals surface area contributed by atoms with Crippen molar-refractivity contribution in [2.24, 2.45) is 0 Å². The van der Waals surface area contributed by atoms with Crippen LogP contribution in [0, 0.1) is 0 Å². The van der Waals surface area contributed by atoms with Gasteiger partial charge in [0, 0.05) is 19.0 Å². The molecule has 0 radical (unpaired) electrons. The lowest BCUT2D eigenvalue weighted by Crippen LogP contribution is -2.39. The maximum Gasteiger partial charge on any atom is 0.242 e. The summed E-state index contributed by atoms with van der Waals surface area (Å²) in [5, 5.41) is 2.56. The number of amides is 2. The normalized spacial score (nSPS) is 25.2. The predicted octanol–water partition coefficient (Wildman–Crippen LogP) is -0.257. The first-order valence-electron chi connectivity index (χ1n) is 4.21. The second kappa shape index (κ2) is 3.56. The first-order chi connectivity index (χ1) is 5.65. The molecule has 12 heavy (non-hydrogen) atoms. The Labute approximate surface area is 71.9 Å². The maximum absolute atomic E-state index is 11.3. The highest BCUT2D eigenvalue weighted by Gasteiger charge is 2.24. The highest BCUT2D eigenvalue weighted by atomic mass is 16.2. The van der Waals surface area contributed by atoms with Gasteiger partial charge < -0.3 is 10.2 Å². The fraction of sp³-hybridized carbons (Fsp3) is 0.750. The molecular weight excluding hydrogens is 156 g/mol. The van der Waals surface area contributed by atoms with Gasteiger partial charge >= 0.3 is 0 Å². The van der Waals surface area contributed by atoms with Crippen LogP contribution in [0.3, 0.4) is 0 Å². The Hall–Kier alpha value is -1.06. The van der Waals surface area contributed by atoms with Gasteiger partial charge in [-0.15, -0.1) is 0 Å². The van der Waals surface area contributed by atoms with Crippen LogP contribution in [0.2, 0.25) is 0 Å². The highest BCUT2D eigenvalue weighted by molar-refractivity contribution is 5.87. The van der Waals surface area contributed by atoms with E-state index in [0.717, 1.165) is 0 Å². The molecule has 1 rings (SSSR count). The third kappa shape index (κ3) is 1.75. The molecular formula is C8H14N2O2. The van der Waals surface area contributed by atoms with E-state index in [1.54, 1.807) is 4.90 Å². The molecule has 1 aliphatic rings. The number of likely N-dealkylation sites (N-methyl/N-ethyl adjacent to an activating group) is 1. The summed E-state index contributed by atoms with van der Waals surface area (Å²) in [6.45, 7) is 4.64. The van der Waals surface area contributed by atoms with Crippen LogP contribution < -0.4 is 5.32 Å². The van der Waals surface area contributed by atoms with Crippen molar-refractivity contribution < 1.29 is 9.59 Å². The van der Waals surface area contributed by atoms with Crippen LogP contribution in [-0.2, 0) is 9.59 Å². The Balaban J connectivity index is 2.71. The van der Waals surface area contributed by atoms with Gasteiger partial charge in [0.15, 0.2) is 0 Å². The number of hydrogen-bond donors (Lipinski definition) is 1. The van der Waals surface area contributed by atoms with E-state index >= 15 is 0 Å². The molecule has 0 saturated carbocycles. The number of hydrogen-bond acceptors (Lipinski definition) is 2. The van der Waals surface area contributed by atoms with E-state index in [0.29, 0.717) is 13.0 Å². The van der Waals surface area contributed by atoms with Gasteiger partial charge in [-0.05, 0) is 13.8 Å². The summed E-state index contributed by atoms with van der Waals surface area (Å²) >= 11 is 0.